The van der Waals surface area contributed by atoms with Gasteiger partial charge in [-0.05, 0) is 38.0 Å². The maximum atomic E-state index is 12.0. The molecule has 0 bridgehead atoms. The molecule has 2 atom stereocenters. The van der Waals surface area contributed by atoms with Crippen molar-refractivity contribution in [3.8, 4) is 11.5 Å². The lowest BCUT2D eigenvalue weighted by Gasteiger charge is -2.14. The normalized spacial score (nSPS) is 27.5. The molecule has 1 aromatic carbocycles. The minimum atomic E-state index is -0.891. The number of nitrogens with two attached hydrogens (primary N) is 1. The lowest BCUT2D eigenvalue weighted by atomic mass is 10.1. The third kappa shape index (κ3) is 2.04. The first-order valence-electron chi connectivity index (χ1n) is 6.40. The highest BCUT2D eigenvalue weighted by Crippen LogP contribution is 2.52. The third-order valence-electron chi connectivity index (χ3n) is 3.53. The Hall–Kier alpha value is -1.75. The second-order valence-corrected chi connectivity index (χ2v) is 5.36. The molecule has 0 saturated heterocycles. The first-order valence-corrected chi connectivity index (χ1v) is 6.40. The molecule has 0 amide bonds. The van der Waals surface area contributed by atoms with Gasteiger partial charge in [0.15, 0.2) is 11.5 Å². The van der Waals surface area contributed by atoms with Crippen molar-refractivity contribution < 1.29 is 19.0 Å². The van der Waals surface area contributed by atoms with Crippen LogP contribution >= 0.6 is 0 Å². The van der Waals surface area contributed by atoms with Crippen molar-refractivity contribution in [3.63, 3.8) is 0 Å². The van der Waals surface area contributed by atoms with Gasteiger partial charge in [-0.1, -0.05) is 6.07 Å². The zero-order valence-electron chi connectivity index (χ0n) is 11.0. The molecule has 1 aromatic rings. The van der Waals surface area contributed by atoms with Crippen molar-refractivity contribution >= 4 is 5.97 Å². The van der Waals surface area contributed by atoms with Gasteiger partial charge in [-0.25, -0.2) is 0 Å². The lowest BCUT2D eigenvalue weighted by Crippen LogP contribution is -2.37. The number of benzene rings is 1. The summed E-state index contributed by atoms with van der Waals surface area (Å²) in [6.45, 7) is 3.88. The highest BCUT2D eigenvalue weighted by Gasteiger charge is 2.59. The molecular weight excluding hydrogens is 246 g/mol. The summed E-state index contributed by atoms with van der Waals surface area (Å²) >= 11 is 0. The Labute approximate surface area is 111 Å². The van der Waals surface area contributed by atoms with Crippen LogP contribution in [0.4, 0.5) is 0 Å². The fourth-order valence-corrected chi connectivity index (χ4v) is 2.37. The maximum Gasteiger partial charge on any atom is 0.327 e. The van der Waals surface area contributed by atoms with Gasteiger partial charge in [-0.3, -0.25) is 4.79 Å². The highest BCUT2D eigenvalue weighted by atomic mass is 16.7. The quantitative estimate of drug-likeness (QED) is 0.838. The summed E-state index contributed by atoms with van der Waals surface area (Å²) in [6.07, 6.45) is 0.462. The SMILES string of the molecule is CC(C)OC(=O)C1(N)CC1c1ccc2c(c1)OCO2. The van der Waals surface area contributed by atoms with Crippen molar-refractivity contribution in [1.29, 1.82) is 0 Å². The number of ether oxygens (including phenoxy) is 3. The number of hydrogen-bond acceptors (Lipinski definition) is 5. The average molecular weight is 263 g/mol. The van der Waals surface area contributed by atoms with Gasteiger partial charge in [0.05, 0.1) is 6.10 Å². The van der Waals surface area contributed by atoms with Gasteiger partial charge in [0.25, 0.3) is 0 Å². The van der Waals surface area contributed by atoms with Crippen LogP contribution in [-0.2, 0) is 9.53 Å². The molecular formula is C14H17NO4. The predicted octanol–water partition coefficient (Wildman–Crippen LogP) is 1.55. The molecule has 102 valence electrons. The van der Waals surface area contributed by atoms with Gasteiger partial charge >= 0.3 is 5.97 Å². The second kappa shape index (κ2) is 4.13. The van der Waals surface area contributed by atoms with Crippen molar-refractivity contribution in [3.05, 3.63) is 23.8 Å². The molecule has 5 nitrogen and oxygen atoms in total. The molecule has 2 aliphatic rings. The first kappa shape index (κ1) is 12.3. The number of fused-ring (bicyclic) bond motifs is 1. The van der Waals surface area contributed by atoms with Gasteiger partial charge in [0.1, 0.15) is 5.54 Å². The summed E-state index contributed by atoms with van der Waals surface area (Å²) in [5.74, 6) is 1.11. The van der Waals surface area contributed by atoms with Crippen molar-refractivity contribution in [1.82, 2.24) is 0 Å². The van der Waals surface area contributed by atoms with Crippen LogP contribution in [0.5, 0.6) is 11.5 Å². The van der Waals surface area contributed by atoms with E-state index in [0.717, 1.165) is 11.3 Å². The van der Waals surface area contributed by atoms with Crippen molar-refractivity contribution in [2.24, 2.45) is 5.73 Å². The monoisotopic (exact) mass is 263 g/mol. The van der Waals surface area contributed by atoms with Crippen LogP contribution in [0.3, 0.4) is 0 Å². The van der Waals surface area contributed by atoms with E-state index in [2.05, 4.69) is 0 Å². The number of carbonyl (C=O) groups is 1. The molecule has 1 aliphatic heterocycles. The van der Waals surface area contributed by atoms with E-state index in [0.29, 0.717) is 12.2 Å². The predicted molar refractivity (Wildman–Crippen MR) is 68.1 cm³/mol. The van der Waals surface area contributed by atoms with Gasteiger partial charge in [-0.15, -0.1) is 0 Å². The average Bonchev–Trinajstić information content (AvgIpc) is 2.85. The molecule has 5 heteroatoms. The smallest absolute Gasteiger partial charge is 0.327 e. The van der Waals surface area contributed by atoms with Crippen molar-refractivity contribution in [2.75, 3.05) is 6.79 Å². The Morgan fingerprint density at radius 1 is 1.42 bits per heavy atom. The molecule has 0 aromatic heterocycles. The van der Waals surface area contributed by atoms with Crippen LogP contribution in [0, 0.1) is 0 Å². The molecule has 0 spiro atoms. The van der Waals surface area contributed by atoms with Crippen LogP contribution in [-0.4, -0.2) is 24.4 Å². The fourth-order valence-electron chi connectivity index (χ4n) is 2.37. The minimum absolute atomic E-state index is 0.00625. The first-order chi connectivity index (χ1) is 9.00. The van der Waals surface area contributed by atoms with Crippen LogP contribution in [0.1, 0.15) is 31.7 Å². The van der Waals surface area contributed by atoms with E-state index < -0.39 is 5.54 Å². The van der Waals surface area contributed by atoms with E-state index in [4.69, 9.17) is 19.9 Å². The van der Waals surface area contributed by atoms with E-state index >= 15 is 0 Å². The Kier molecular flexibility index (Phi) is 2.67. The topological polar surface area (TPSA) is 70.8 Å². The fraction of sp³-hybridized carbons (Fsp3) is 0.500. The van der Waals surface area contributed by atoms with E-state index in [1.165, 1.54) is 0 Å². The number of rotatable bonds is 3. The van der Waals surface area contributed by atoms with Gasteiger partial charge < -0.3 is 19.9 Å². The minimum Gasteiger partial charge on any atom is -0.462 e. The van der Waals surface area contributed by atoms with Gasteiger partial charge in [0, 0.05) is 5.92 Å². The summed E-state index contributed by atoms with van der Waals surface area (Å²) in [7, 11) is 0. The van der Waals surface area contributed by atoms with Gasteiger partial charge in [-0.2, -0.15) is 0 Å². The standard InChI is InChI=1S/C14H17NO4/c1-8(2)19-13(16)14(15)6-10(14)9-3-4-11-12(5-9)18-7-17-11/h3-5,8,10H,6-7,15H2,1-2H3. The molecule has 1 heterocycles. The molecule has 1 saturated carbocycles. The van der Waals surface area contributed by atoms with E-state index in [1.54, 1.807) is 0 Å². The lowest BCUT2D eigenvalue weighted by molar-refractivity contribution is -0.150. The van der Waals surface area contributed by atoms with E-state index in [1.807, 2.05) is 32.0 Å². The Morgan fingerprint density at radius 2 is 2.16 bits per heavy atom. The maximum absolute atomic E-state index is 12.0. The number of hydrogen-bond donors (Lipinski definition) is 1. The van der Waals surface area contributed by atoms with Crippen LogP contribution < -0.4 is 15.2 Å². The Bertz CT molecular complexity index is 528. The second-order valence-electron chi connectivity index (χ2n) is 5.36. The van der Waals surface area contributed by atoms with Crippen molar-refractivity contribution in [2.45, 2.75) is 37.8 Å². The zero-order valence-corrected chi connectivity index (χ0v) is 11.0. The zero-order chi connectivity index (χ0) is 13.6. The summed E-state index contributed by atoms with van der Waals surface area (Å²) in [5.41, 5.74) is 6.22. The molecule has 2 N–H and O–H groups in total. The highest BCUT2D eigenvalue weighted by molar-refractivity contribution is 5.86. The molecule has 1 aliphatic carbocycles. The molecule has 1 fully saturated rings. The molecule has 3 rings (SSSR count). The summed E-state index contributed by atoms with van der Waals surface area (Å²) in [5, 5.41) is 0. The summed E-state index contributed by atoms with van der Waals surface area (Å²) < 4.78 is 15.8. The Balaban J connectivity index is 1.77. The van der Waals surface area contributed by atoms with Crippen LogP contribution in [0.15, 0.2) is 18.2 Å². The Morgan fingerprint density at radius 3 is 2.89 bits per heavy atom. The molecule has 0 radical (unpaired) electrons. The summed E-state index contributed by atoms with van der Waals surface area (Å²) in [6, 6.07) is 5.67. The largest absolute Gasteiger partial charge is 0.462 e. The number of carbonyl (C=O) groups excluding carboxylic acids is 1. The molecule has 2 unspecified atom stereocenters. The van der Waals surface area contributed by atoms with E-state index in [-0.39, 0.29) is 24.8 Å². The van der Waals surface area contributed by atoms with E-state index in [9.17, 15) is 4.79 Å². The molecule has 19 heavy (non-hydrogen) atoms. The van der Waals surface area contributed by atoms with Gasteiger partial charge in [0.2, 0.25) is 6.79 Å². The number of esters is 1. The van der Waals surface area contributed by atoms with Crippen LogP contribution in [0.2, 0.25) is 0 Å². The third-order valence-corrected chi connectivity index (χ3v) is 3.53. The van der Waals surface area contributed by atoms with Crippen LogP contribution in [0.25, 0.3) is 0 Å². The summed E-state index contributed by atoms with van der Waals surface area (Å²) in [4.78, 5) is 12.0.